The average Bonchev–Trinajstić information content (AvgIpc) is 3.31. The fourth-order valence-corrected chi connectivity index (χ4v) is 2.20. The van der Waals surface area contributed by atoms with Gasteiger partial charge in [-0.1, -0.05) is 119 Å². The van der Waals surface area contributed by atoms with E-state index in [0.717, 1.165) is 6.42 Å². The number of benzene rings is 2. The highest BCUT2D eigenvalue weighted by Crippen LogP contribution is 2.07. The van der Waals surface area contributed by atoms with E-state index >= 15 is 0 Å². The van der Waals surface area contributed by atoms with Gasteiger partial charge >= 0.3 is 0 Å². The molecule has 0 N–H and O–H groups in total. The smallest absolute Gasteiger partial charge is 0.0135 e. The molecule has 2 aliphatic rings. The number of allylic oxidation sites excluding steroid dienone is 8. The predicted octanol–water partition coefficient (Wildman–Crippen LogP) is 7.78. The summed E-state index contributed by atoms with van der Waals surface area (Å²) in [6.07, 6.45) is 15.2. The third-order valence-electron chi connectivity index (χ3n) is 3.79. The molecule has 26 heavy (non-hydrogen) atoms. The largest absolute Gasteiger partial charge is 0.0805 e. The van der Waals surface area contributed by atoms with Crippen LogP contribution in [0.4, 0.5) is 0 Å². The lowest BCUT2D eigenvalue weighted by Gasteiger charge is -1.82. The third kappa shape index (κ3) is 11.9. The average molecular weight is 345 g/mol. The van der Waals surface area contributed by atoms with Gasteiger partial charge in [-0.2, -0.15) is 0 Å². The van der Waals surface area contributed by atoms with Gasteiger partial charge in [0.2, 0.25) is 0 Å². The highest BCUT2D eigenvalue weighted by atomic mass is 13.9. The van der Waals surface area contributed by atoms with Crippen LogP contribution >= 0.6 is 0 Å². The molecule has 0 radical (unpaired) electrons. The van der Waals surface area contributed by atoms with E-state index in [4.69, 9.17) is 0 Å². The van der Waals surface area contributed by atoms with Crippen LogP contribution in [-0.4, -0.2) is 0 Å². The fraction of sp³-hybridized carbons (Fsp3) is 0.231. The summed E-state index contributed by atoms with van der Waals surface area (Å²) >= 11 is 0. The summed E-state index contributed by atoms with van der Waals surface area (Å²) in [5.74, 6) is 0. The maximum Gasteiger partial charge on any atom is -0.0135 e. The number of aryl methyl sites for hydroxylation is 2. The first kappa shape index (κ1) is 21.4. The Morgan fingerprint density at radius 1 is 0.654 bits per heavy atom. The molecule has 0 aromatic heterocycles. The van der Waals surface area contributed by atoms with E-state index in [9.17, 15) is 0 Å². The van der Waals surface area contributed by atoms with Crippen molar-refractivity contribution in [1.82, 2.24) is 0 Å². The maximum atomic E-state index is 2.21. The minimum Gasteiger partial charge on any atom is -0.0805 e. The Kier molecular flexibility index (Phi) is 11.3. The Hall–Kier alpha value is -2.60. The van der Waals surface area contributed by atoms with E-state index in [-0.39, 0.29) is 0 Å². The number of hydrogen-bond acceptors (Lipinski definition) is 0. The Labute approximate surface area is 160 Å². The summed E-state index contributed by atoms with van der Waals surface area (Å²) in [5, 5.41) is 0. The lowest BCUT2D eigenvalue weighted by atomic mass is 10.2. The van der Waals surface area contributed by atoms with Crippen LogP contribution < -0.4 is 0 Å². The summed E-state index contributed by atoms with van der Waals surface area (Å²) in [6, 6.07) is 20.5. The van der Waals surface area contributed by atoms with Gasteiger partial charge in [-0.3, -0.25) is 0 Å². The topological polar surface area (TPSA) is 0 Å². The highest BCUT2D eigenvalue weighted by Gasteiger charge is 1.86. The summed E-state index contributed by atoms with van der Waals surface area (Å²) in [4.78, 5) is 0. The van der Waals surface area contributed by atoms with Crippen molar-refractivity contribution in [1.29, 1.82) is 0 Å². The van der Waals surface area contributed by atoms with Crippen molar-refractivity contribution in [2.45, 2.75) is 40.5 Å². The molecule has 0 unspecified atom stereocenters. The van der Waals surface area contributed by atoms with E-state index in [2.05, 4.69) is 88.4 Å². The molecule has 2 aromatic rings. The van der Waals surface area contributed by atoms with Gasteiger partial charge in [0.1, 0.15) is 0 Å². The minimum absolute atomic E-state index is 1.14. The van der Waals surface area contributed by atoms with Crippen molar-refractivity contribution in [3.8, 4) is 0 Å². The van der Waals surface area contributed by atoms with Crippen LogP contribution in [0.15, 0.2) is 108 Å². The molecule has 4 rings (SSSR count). The molecule has 0 saturated heterocycles. The summed E-state index contributed by atoms with van der Waals surface area (Å²) in [6.45, 7) is 8.42. The van der Waals surface area contributed by atoms with E-state index in [0.29, 0.717) is 0 Å². The maximum absolute atomic E-state index is 2.21. The molecule has 0 fully saturated rings. The predicted molar refractivity (Wildman–Crippen MR) is 117 cm³/mol. The second-order valence-electron chi connectivity index (χ2n) is 6.54. The number of rotatable bonds is 0. The van der Waals surface area contributed by atoms with Gasteiger partial charge in [-0.15, -0.1) is 0 Å². The van der Waals surface area contributed by atoms with E-state index in [1.807, 2.05) is 36.4 Å². The van der Waals surface area contributed by atoms with E-state index in [1.165, 1.54) is 28.7 Å². The second kappa shape index (κ2) is 13.7. The highest BCUT2D eigenvalue weighted by molar-refractivity contribution is 5.23. The Balaban J connectivity index is 0.000000174. The first-order valence-electron chi connectivity index (χ1n) is 9.27. The van der Waals surface area contributed by atoms with Crippen LogP contribution in [0.3, 0.4) is 0 Å². The number of hydrogen-bond donors (Lipinski definition) is 0. The molecule has 0 atom stereocenters. The fourth-order valence-electron chi connectivity index (χ4n) is 2.20. The zero-order valence-electron chi connectivity index (χ0n) is 16.7. The molecule has 0 amide bonds. The van der Waals surface area contributed by atoms with Crippen LogP contribution in [0.25, 0.3) is 0 Å². The standard InChI is InChI=1S/2C7H8.2C6H8/c2*1-7-5-3-2-4-6-7;2*1-6-4-2-3-5-6/h2*2-6H,1H3;2,4-5H,3H2,1H3;2-4H,5H2,1H3. The normalized spacial score (nSPS) is 13.2. The molecule has 0 saturated carbocycles. The molecule has 0 spiro atoms. The van der Waals surface area contributed by atoms with Gasteiger partial charge in [0, 0.05) is 0 Å². The van der Waals surface area contributed by atoms with Crippen molar-refractivity contribution in [3.05, 3.63) is 119 Å². The van der Waals surface area contributed by atoms with E-state index in [1.54, 1.807) is 0 Å². The minimum atomic E-state index is 1.14. The van der Waals surface area contributed by atoms with Crippen molar-refractivity contribution < 1.29 is 0 Å². The summed E-state index contributed by atoms with van der Waals surface area (Å²) in [7, 11) is 0. The van der Waals surface area contributed by atoms with Gasteiger partial charge in [0.15, 0.2) is 0 Å². The molecular weight excluding hydrogens is 312 g/mol. The van der Waals surface area contributed by atoms with Gasteiger partial charge in [-0.05, 0) is 40.5 Å². The van der Waals surface area contributed by atoms with Crippen LogP contribution in [0.2, 0.25) is 0 Å². The quantitative estimate of drug-likeness (QED) is 0.458. The molecule has 136 valence electrons. The van der Waals surface area contributed by atoms with Crippen LogP contribution in [0.5, 0.6) is 0 Å². The third-order valence-corrected chi connectivity index (χ3v) is 3.79. The SMILES string of the molecule is CC1=CC=CC1.CC1=CCC=C1.Cc1ccccc1.Cc1ccccc1. The second-order valence-corrected chi connectivity index (χ2v) is 6.54. The lowest BCUT2D eigenvalue weighted by Crippen LogP contribution is -1.62. The molecular formula is C26H32. The zero-order chi connectivity index (χ0) is 19.0. The monoisotopic (exact) mass is 344 g/mol. The lowest BCUT2D eigenvalue weighted by molar-refractivity contribution is 1.25. The van der Waals surface area contributed by atoms with Crippen LogP contribution in [0, 0.1) is 13.8 Å². The van der Waals surface area contributed by atoms with Gasteiger partial charge in [-0.25, -0.2) is 0 Å². The first-order valence-corrected chi connectivity index (χ1v) is 9.27. The van der Waals surface area contributed by atoms with Crippen LogP contribution in [0.1, 0.15) is 37.8 Å². The Morgan fingerprint density at radius 2 is 1.19 bits per heavy atom. The van der Waals surface area contributed by atoms with Crippen molar-refractivity contribution in [2.24, 2.45) is 0 Å². The van der Waals surface area contributed by atoms with Crippen molar-refractivity contribution in [2.75, 3.05) is 0 Å². The molecule has 2 aromatic carbocycles. The zero-order valence-corrected chi connectivity index (χ0v) is 16.7. The first-order chi connectivity index (χ1) is 12.6. The summed E-state index contributed by atoms with van der Waals surface area (Å²) in [5.41, 5.74) is 5.51. The van der Waals surface area contributed by atoms with Crippen molar-refractivity contribution >= 4 is 0 Å². The molecule has 0 bridgehead atoms. The van der Waals surface area contributed by atoms with Gasteiger partial charge < -0.3 is 0 Å². The Bertz CT molecular complexity index is 673. The molecule has 0 nitrogen and oxygen atoms in total. The summed E-state index contributed by atoms with van der Waals surface area (Å²) < 4.78 is 0. The van der Waals surface area contributed by atoms with Gasteiger partial charge in [0.05, 0.1) is 0 Å². The Morgan fingerprint density at radius 3 is 1.35 bits per heavy atom. The molecule has 0 heteroatoms. The molecule has 0 heterocycles. The molecule has 2 aliphatic carbocycles. The van der Waals surface area contributed by atoms with Crippen LogP contribution in [-0.2, 0) is 0 Å². The van der Waals surface area contributed by atoms with Crippen molar-refractivity contribution in [3.63, 3.8) is 0 Å². The molecule has 0 aliphatic heterocycles. The van der Waals surface area contributed by atoms with E-state index < -0.39 is 0 Å². The van der Waals surface area contributed by atoms with Gasteiger partial charge in [0.25, 0.3) is 0 Å².